The van der Waals surface area contributed by atoms with Crippen LogP contribution in [0.1, 0.15) is 27.7 Å². The summed E-state index contributed by atoms with van der Waals surface area (Å²) in [4.78, 5) is 23.0. The maximum absolute atomic E-state index is 11.8. The number of esters is 1. The molecule has 0 spiro atoms. The summed E-state index contributed by atoms with van der Waals surface area (Å²) in [5.74, 6) is -0.549. The van der Waals surface area contributed by atoms with Crippen LogP contribution < -0.4 is 16.0 Å². The Labute approximate surface area is 119 Å². The Morgan fingerprint density at radius 2 is 1.89 bits per heavy atom. The minimum absolute atomic E-state index is 0.0235. The first-order valence-corrected chi connectivity index (χ1v) is 6.54. The van der Waals surface area contributed by atoms with Crippen molar-refractivity contribution in [2.24, 2.45) is 5.41 Å². The first-order chi connectivity index (χ1) is 8.72. The number of likely N-dealkylation sites (N-methyl/N-ethyl adjacent to an activating group) is 1. The number of carbonyl (C=O) groups is 2. The predicted octanol–water partition coefficient (Wildman–Crippen LogP) is 0.174. The van der Waals surface area contributed by atoms with Crippen LogP contribution in [-0.4, -0.2) is 43.2 Å². The Hall–Kier alpha value is -1.37. The van der Waals surface area contributed by atoms with Crippen molar-refractivity contribution in [3.8, 4) is 0 Å². The Morgan fingerprint density at radius 3 is 2.32 bits per heavy atom. The lowest BCUT2D eigenvalue weighted by molar-refractivity contribution is -0.141. The van der Waals surface area contributed by atoms with E-state index in [1.54, 1.807) is 14.0 Å². The first kappa shape index (κ1) is 17.6. The van der Waals surface area contributed by atoms with Crippen molar-refractivity contribution in [3.05, 3.63) is 0 Å². The molecule has 1 amide bonds. The fourth-order valence-electron chi connectivity index (χ4n) is 1.37. The second-order valence-corrected chi connectivity index (χ2v) is 5.45. The van der Waals surface area contributed by atoms with E-state index in [9.17, 15) is 9.59 Å². The van der Waals surface area contributed by atoms with Crippen LogP contribution in [0, 0.1) is 5.41 Å². The van der Waals surface area contributed by atoms with Gasteiger partial charge in [0, 0.05) is 7.05 Å². The molecule has 0 aliphatic carbocycles. The molecular weight excluding hydrogens is 266 g/mol. The lowest BCUT2D eigenvalue weighted by Gasteiger charge is -2.30. The third kappa shape index (κ3) is 6.95. The summed E-state index contributed by atoms with van der Waals surface area (Å²) in [5, 5.41) is 8.45. The first-order valence-electron chi connectivity index (χ1n) is 6.14. The summed E-state index contributed by atoms with van der Waals surface area (Å²) in [6, 6.07) is -0.486. The molecule has 0 aromatic rings. The van der Waals surface area contributed by atoms with Crippen LogP contribution in [0.15, 0.2) is 0 Å². The molecule has 0 aromatic carbocycles. The molecule has 0 aliphatic heterocycles. The van der Waals surface area contributed by atoms with Gasteiger partial charge in [-0.15, -0.1) is 0 Å². The zero-order chi connectivity index (χ0) is 15.1. The van der Waals surface area contributed by atoms with Crippen LogP contribution in [0.4, 0.5) is 0 Å². The highest BCUT2D eigenvalue weighted by Gasteiger charge is 2.31. The van der Waals surface area contributed by atoms with Gasteiger partial charge in [0.15, 0.2) is 5.11 Å². The van der Waals surface area contributed by atoms with E-state index in [1.165, 1.54) is 0 Å². The maximum atomic E-state index is 11.8. The number of hydrogen-bond acceptors (Lipinski definition) is 4. The molecule has 1 atom stereocenters. The van der Waals surface area contributed by atoms with E-state index in [1.807, 2.05) is 20.8 Å². The quantitative estimate of drug-likeness (QED) is 0.495. The maximum Gasteiger partial charge on any atom is 0.325 e. The molecule has 6 nitrogen and oxygen atoms in total. The summed E-state index contributed by atoms with van der Waals surface area (Å²) in [7, 11) is 1.57. The molecule has 110 valence electrons. The van der Waals surface area contributed by atoms with Crippen molar-refractivity contribution in [1.29, 1.82) is 0 Å². The number of rotatable bonds is 5. The normalized spacial score (nSPS) is 12.3. The number of carbonyl (C=O) groups excluding carboxylic acids is 2. The van der Waals surface area contributed by atoms with Crippen LogP contribution in [0.3, 0.4) is 0 Å². The third-order valence-electron chi connectivity index (χ3n) is 2.35. The minimum Gasteiger partial charge on any atom is -0.465 e. The summed E-state index contributed by atoms with van der Waals surface area (Å²) >= 11 is 5.06. The lowest BCUT2D eigenvalue weighted by Crippen LogP contribution is -2.55. The second-order valence-electron chi connectivity index (χ2n) is 5.05. The molecule has 0 fully saturated rings. The highest BCUT2D eigenvalue weighted by molar-refractivity contribution is 7.80. The van der Waals surface area contributed by atoms with E-state index in [0.29, 0.717) is 6.61 Å². The number of ether oxygens (including phenoxy) is 1. The van der Waals surface area contributed by atoms with Crippen LogP contribution >= 0.6 is 12.2 Å². The fourth-order valence-corrected chi connectivity index (χ4v) is 1.56. The lowest BCUT2D eigenvalue weighted by atomic mass is 9.86. The Balaban J connectivity index is 4.41. The number of nitrogens with one attached hydrogen (secondary N) is 3. The van der Waals surface area contributed by atoms with E-state index in [2.05, 4.69) is 16.0 Å². The van der Waals surface area contributed by atoms with Gasteiger partial charge in [-0.2, -0.15) is 0 Å². The third-order valence-corrected chi connectivity index (χ3v) is 2.61. The van der Waals surface area contributed by atoms with Gasteiger partial charge in [0.1, 0.15) is 12.6 Å². The van der Waals surface area contributed by atoms with Crippen molar-refractivity contribution in [3.63, 3.8) is 0 Å². The molecule has 7 heteroatoms. The number of thiocarbonyl (C=S) groups is 1. The van der Waals surface area contributed by atoms with Gasteiger partial charge >= 0.3 is 5.97 Å². The molecule has 0 rings (SSSR count). The van der Waals surface area contributed by atoms with E-state index in [-0.39, 0.29) is 28.9 Å². The van der Waals surface area contributed by atoms with Crippen molar-refractivity contribution in [2.45, 2.75) is 33.7 Å². The van der Waals surface area contributed by atoms with E-state index in [4.69, 9.17) is 17.0 Å². The standard InChI is InChI=1S/C12H23N3O3S/c1-6-18-8(16)7-14-11(19)15-9(10(17)13-5)12(2,3)4/h9H,6-7H2,1-5H3,(H,13,17)(H2,14,15,19)/t9-/m0/s1. The van der Waals surface area contributed by atoms with Crippen LogP contribution in [0.5, 0.6) is 0 Å². The van der Waals surface area contributed by atoms with Crippen molar-refractivity contribution < 1.29 is 14.3 Å². The van der Waals surface area contributed by atoms with Gasteiger partial charge in [-0.25, -0.2) is 0 Å². The van der Waals surface area contributed by atoms with Crippen LogP contribution in [0.25, 0.3) is 0 Å². The summed E-state index contributed by atoms with van der Waals surface area (Å²) in [6.07, 6.45) is 0. The smallest absolute Gasteiger partial charge is 0.325 e. The van der Waals surface area contributed by atoms with E-state index >= 15 is 0 Å². The van der Waals surface area contributed by atoms with Gasteiger partial charge in [0.2, 0.25) is 5.91 Å². The van der Waals surface area contributed by atoms with Crippen molar-refractivity contribution >= 4 is 29.2 Å². The molecule has 3 N–H and O–H groups in total. The monoisotopic (exact) mass is 289 g/mol. The average molecular weight is 289 g/mol. The van der Waals surface area contributed by atoms with Gasteiger partial charge < -0.3 is 20.7 Å². The molecule has 19 heavy (non-hydrogen) atoms. The number of hydrogen-bond donors (Lipinski definition) is 3. The van der Waals surface area contributed by atoms with Crippen molar-refractivity contribution in [1.82, 2.24) is 16.0 Å². The molecule has 0 bridgehead atoms. The molecule has 0 heterocycles. The van der Waals surface area contributed by atoms with E-state index < -0.39 is 6.04 Å². The zero-order valence-electron chi connectivity index (χ0n) is 12.1. The summed E-state index contributed by atoms with van der Waals surface area (Å²) in [6.45, 7) is 7.80. The minimum atomic E-state index is -0.486. The predicted molar refractivity (Wildman–Crippen MR) is 77.7 cm³/mol. The summed E-state index contributed by atoms with van der Waals surface area (Å²) in [5.41, 5.74) is -0.310. The largest absolute Gasteiger partial charge is 0.465 e. The SMILES string of the molecule is CCOC(=O)CNC(=S)N[C@@H](C(=O)NC)C(C)(C)C. The molecule has 0 saturated heterocycles. The Bertz CT molecular complexity index is 340. The van der Waals surface area contributed by atoms with Gasteiger partial charge in [-0.1, -0.05) is 20.8 Å². The zero-order valence-corrected chi connectivity index (χ0v) is 12.9. The fraction of sp³-hybridized carbons (Fsp3) is 0.750. The Kier molecular flexibility index (Phi) is 7.36. The van der Waals surface area contributed by atoms with Gasteiger partial charge in [-0.05, 0) is 24.6 Å². The van der Waals surface area contributed by atoms with Crippen LogP contribution in [0.2, 0.25) is 0 Å². The molecule has 0 aromatic heterocycles. The number of amides is 1. The molecule has 0 radical (unpaired) electrons. The van der Waals surface area contributed by atoms with E-state index in [0.717, 1.165) is 0 Å². The van der Waals surface area contributed by atoms with Gasteiger partial charge in [0.05, 0.1) is 6.61 Å². The highest BCUT2D eigenvalue weighted by Crippen LogP contribution is 2.19. The van der Waals surface area contributed by atoms with Crippen LogP contribution in [-0.2, 0) is 14.3 Å². The molecule has 0 saturated carbocycles. The second kappa shape index (κ2) is 7.93. The van der Waals surface area contributed by atoms with Crippen molar-refractivity contribution in [2.75, 3.05) is 20.2 Å². The topological polar surface area (TPSA) is 79.5 Å². The molecule has 0 aliphatic rings. The Morgan fingerprint density at radius 1 is 1.32 bits per heavy atom. The van der Waals surface area contributed by atoms with Gasteiger partial charge in [-0.3, -0.25) is 9.59 Å². The highest BCUT2D eigenvalue weighted by atomic mass is 32.1. The average Bonchev–Trinajstić information content (AvgIpc) is 2.31. The van der Waals surface area contributed by atoms with Gasteiger partial charge in [0.25, 0.3) is 0 Å². The summed E-state index contributed by atoms with van der Waals surface area (Å²) < 4.78 is 4.77. The molecular formula is C12H23N3O3S. The molecule has 0 unspecified atom stereocenters.